The van der Waals surface area contributed by atoms with Crippen LogP contribution in [0, 0.1) is 5.92 Å². The lowest BCUT2D eigenvalue weighted by Crippen LogP contribution is -2.33. The molecule has 1 aliphatic heterocycles. The Labute approximate surface area is 117 Å². The number of rotatable bonds is 1. The monoisotopic (exact) mass is 284 g/mol. The molecular formula is C16H19F3O. The van der Waals surface area contributed by atoms with E-state index in [9.17, 15) is 13.2 Å². The van der Waals surface area contributed by atoms with E-state index in [1.54, 1.807) is 6.07 Å². The van der Waals surface area contributed by atoms with Gasteiger partial charge in [0.25, 0.3) is 0 Å². The molecular weight excluding hydrogens is 265 g/mol. The van der Waals surface area contributed by atoms with Crippen molar-refractivity contribution in [3.63, 3.8) is 0 Å². The van der Waals surface area contributed by atoms with Gasteiger partial charge in [0.1, 0.15) is 11.9 Å². The summed E-state index contributed by atoms with van der Waals surface area (Å²) in [5.41, 5.74) is 0.0855. The van der Waals surface area contributed by atoms with Gasteiger partial charge in [0, 0.05) is 0 Å². The van der Waals surface area contributed by atoms with Crippen LogP contribution in [0.1, 0.15) is 49.7 Å². The van der Waals surface area contributed by atoms with Crippen LogP contribution >= 0.6 is 0 Å². The maximum Gasteiger partial charge on any atom is 0.419 e. The van der Waals surface area contributed by atoms with E-state index >= 15 is 0 Å². The van der Waals surface area contributed by atoms with Crippen LogP contribution in [-0.2, 0) is 12.6 Å². The molecule has 0 amide bonds. The third-order valence-electron chi connectivity index (χ3n) is 4.55. The Morgan fingerprint density at radius 1 is 1.00 bits per heavy atom. The first kappa shape index (κ1) is 13.8. The van der Waals surface area contributed by atoms with Crippen molar-refractivity contribution in [1.29, 1.82) is 0 Å². The van der Waals surface area contributed by atoms with Crippen molar-refractivity contribution in [2.24, 2.45) is 5.92 Å². The number of halogens is 3. The van der Waals surface area contributed by atoms with E-state index < -0.39 is 11.7 Å². The largest absolute Gasteiger partial charge is 0.489 e. The second-order valence-electron chi connectivity index (χ2n) is 5.88. The first-order chi connectivity index (χ1) is 9.55. The number of benzene rings is 1. The Hall–Kier alpha value is -1.19. The van der Waals surface area contributed by atoms with Gasteiger partial charge in [0.05, 0.1) is 5.56 Å². The molecule has 20 heavy (non-hydrogen) atoms. The zero-order valence-electron chi connectivity index (χ0n) is 11.4. The molecule has 0 spiro atoms. The van der Waals surface area contributed by atoms with Crippen molar-refractivity contribution < 1.29 is 17.9 Å². The summed E-state index contributed by atoms with van der Waals surface area (Å²) in [6.45, 7) is 0. The highest BCUT2D eigenvalue weighted by molar-refractivity contribution is 5.44. The first-order valence-electron chi connectivity index (χ1n) is 7.41. The van der Waals surface area contributed by atoms with Gasteiger partial charge >= 0.3 is 6.18 Å². The Morgan fingerprint density at radius 2 is 1.75 bits per heavy atom. The van der Waals surface area contributed by atoms with Crippen LogP contribution in [0.2, 0.25) is 0 Å². The van der Waals surface area contributed by atoms with Gasteiger partial charge < -0.3 is 4.74 Å². The molecule has 1 heterocycles. The summed E-state index contributed by atoms with van der Waals surface area (Å²) in [5, 5.41) is 0. The fraction of sp³-hybridized carbons (Fsp3) is 0.625. The SMILES string of the molecule is FC(F)(F)c1cccc2c1OC(C1CCCCC1)CC2. The maximum atomic E-state index is 13.1. The quantitative estimate of drug-likeness (QED) is 0.706. The molecule has 1 fully saturated rings. The molecule has 1 atom stereocenters. The third-order valence-corrected chi connectivity index (χ3v) is 4.55. The number of ether oxygens (including phenoxy) is 1. The molecule has 1 nitrogen and oxygen atoms in total. The molecule has 0 radical (unpaired) electrons. The van der Waals surface area contributed by atoms with Crippen molar-refractivity contribution in [3.8, 4) is 5.75 Å². The molecule has 4 heteroatoms. The third kappa shape index (κ3) is 2.65. The number of hydrogen-bond acceptors (Lipinski definition) is 1. The minimum Gasteiger partial charge on any atom is -0.489 e. The zero-order valence-corrected chi connectivity index (χ0v) is 11.4. The number of hydrogen-bond donors (Lipinski definition) is 0. The highest BCUT2D eigenvalue weighted by Crippen LogP contribution is 2.43. The molecule has 0 saturated heterocycles. The molecule has 1 saturated carbocycles. The summed E-state index contributed by atoms with van der Waals surface area (Å²) in [6, 6.07) is 4.36. The molecule has 1 aromatic rings. The van der Waals surface area contributed by atoms with Crippen LogP contribution in [0.5, 0.6) is 5.75 Å². The molecule has 1 aliphatic carbocycles. The summed E-state index contributed by atoms with van der Waals surface area (Å²) in [7, 11) is 0. The fourth-order valence-electron chi connectivity index (χ4n) is 3.49. The van der Waals surface area contributed by atoms with Crippen LogP contribution in [0.15, 0.2) is 18.2 Å². The van der Waals surface area contributed by atoms with Crippen LogP contribution in [0.3, 0.4) is 0 Å². The molecule has 0 bridgehead atoms. The van der Waals surface area contributed by atoms with E-state index in [2.05, 4.69) is 0 Å². The normalized spacial score (nSPS) is 24.1. The van der Waals surface area contributed by atoms with E-state index in [1.807, 2.05) is 0 Å². The molecule has 0 N–H and O–H groups in total. The fourth-order valence-corrected chi connectivity index (χ4v) is 3.49. The van der Waals surface area contributed by atoms with Crippen LogP contribution in [0.4, 0.5) is 13.2 Å². The smallest absolute Gasteiger partial charge is 0.419 e. The van der Waals surface area contributed by atoms with Crippen molar-refractivity contribution >= 4 is 0 Å². The lowest BCUT2D eigenvalue weighted by molar-refractivity contribution is -0.139. The Balaban J connectivity index is 1.85. The predicted octanol–water partition coefficient (Wildman–Crippen LogP) is 4.98. The first-order valence-corrected chi connectivity index (χ1v) is 7.41. The average molecular weight is 284 g/mol. The summed E-state index contributed by atoms with van der Waals surface area (Å²) in [5.74, 6) is 0.514. The Bertz CT molecular complexity index is 475. The van der Waals surface area contributed by atoms with Gasteiger partial charge in [-0.3, -0.25) is 0 Å². The van der Waals surface area contributed by atoms with Gasteiger partial charge in [-0.05, 0) is 43.2 Å². The summed E-state index contributed by atoms with van der Waals surface area (Å²) in [4.78, 5) is 0. The highest BCUT2D eigenvalue weighted by Gasteiger charge is 2.38. The minimum absolute atomic E-state index is 0.0358. The second-order valence-corrected chi connectivity index (χ2v) is 5.88. The highest BCUT2D eigenvalue weighted by atomic mass is 19.4. The second kappa shape index (κ2) is 5.30. The lowest BCUT2D eigenvalue weighted by atomic mass is 9.82. The van der Waals surface area contributed by atoms with Gasteiger partial charge in [-0.15, -0.1) is 0 Å². The van der Waals surface area contributed by atoms with E-state index in [0.29, 0.717) is 17.9 Å². The van der Waals surface area contributed by atoms with E-state index in [1.165, 1.54) is 25.3 Å². The molecule has 1 aromatic carbocycles. The van der Waals surface area contributed by atoms with E-state index in [4.69, 9.17) is 4.74 Å². The number of para-hydroxylation sites is 1. The van der Waals surface area contributed by atoms with Crippen molar-refractivity contribution in [2.45, 2.75) is 57.2 Å². The van der Waals surface area contributed by atoms with Gasteiger partial charge in [-0.2, -0.15) is 13.2 Å². The van der Waals surface area contributed by atoms with Crippen LogP contribution in [0.25, 0.3) is 0 Å². The summed E-state index contributed by atoms with van der Waals surface area (Å²) < 4.78 is 45.0. The molecule has 2 aliphatic rings. The number of aryl methyl sites for hydroxylation is 1. The van der Waals surface area contributed by atoms with Crippen LogP contribution in [-0.4, -0.2) is 6.10 Å². The van der Waals surface area contributed by atoms with Gasteiger partial charge in [0.15, 0.2) is 0 Å². The number of alkyl halides is 3. The summed E-state index contributed by atoms with van der Waals surface area (Å²) >= 11 is 0. The Morgan fingerprint density at radius 3 is 2.45 bits per heavy atom. The molecule has 1 unspecified atom stereocenters. The van der Waals surface area contributed by atoms with Crippen molar-refractivity contribution in [3.05, 3.63) is 29.3 Å². The van der Waals surface area contributed by atoms with Gasteiger partial charge in [-0.1, -0.05) is 31.4 Å². The summed E-state index contributed by atoms with van der Waals surface area (Å²) in [6.07, 6.45) is 2.96. The molecule has 3 rings (SSSR count). The molecule has 0 aromatic heterocycles. The zero-order chi connectivity index (χ0) is 14.2. The topological polar surface area (TPSA) is 9.23 Å². The lowest BCUT2D eigenvalue weighted by Gasteiger charge is -2.35. The minimum atomic E-state index is -4.33. The predicted molar refractivity (Wildman–Crippen MR) is 70.8 cm³/mol. The average Bonchev–Trinajstić information content (AvgIpc) is 2.46. The standard InChI is InChI=1S/C16H19F3O/c17-16(18,19)13-8-4-7-12-9-10-14(20-15(12)13)11-5-2-1-3-6-11/h4,7-8,11,14H,1-3,5-6,9-10H2. The van der Waals surface area contributed by atoms with Crippen molar-refractivity contribution in [2.75, 3.05) is 0 Å². The van der Waals surface area contributed by atoms with Crippen molar-refractivity contribution in [1.82, 2.24) is 0 Å². The number of fused-ring (bicyclic) bond motifs is 1. The maximum absolute atomic E-state index is 13.1. The van der Waals surface area contributed by atoms with E-state index in [-0.39, 0.29) is 11.9 Å². The Kier molecular flexibility index (Phi) is 3.65. The van der Waals surface area contributed by atoms with Crippen LogP contribution < -0.4 is 4.74 Å². The van der Waals surface area contributed by atoms with Gasteiger partial charge in [0.2, 0.25) is 0 Å². The van der Waals surface area contributed by atoms with E-state index in [0.717, 1.165) is 25.3 Å². The van der Waals surface area contributed by atoms with Gasteiger partial charge in [-0.25, -0.2) is 0 Å². The molecule has 110 valence electrons.